The number of H-pyrrole nitrogens is 1. The molecule has 2 amide bonds. The van der Waals surface area contributed by atoms with Crippen LogP contribution >= 0.6 is 0 Å². The number of hydrogen-bond donors (Lipinski definition) is 7. The Morgan fingerprint density at radius 3 is 2.51 bits per heavy atom. The van der Waals surface area contributed by atoms with Gasteiger partial charge < -0.3 is 42.0 Å². The lowest BCUT2D eigenvalue weighted by Gasteiger charge is -2.14. The molecule has 17 nitrogen and oxygen atoms in total. The van der Waals surface area contributed by atoms with Crippen LogP contribution in [0.4, 0.5) is 11.6 Å². The van der Waals surface area contributed by atoms with E-state index < -0.39 is 23.5 Å². The molecular formula is C28H37N9O8. The molecule has 1 atom stereocenters. The Morgan fingerprint density at radius 2 is 1.78 bits per heavy atom. The highest BCUT2D eigenvalue weighted by Gasteiger charge is 2.21. The van der Waals surface area contributed by atoms with Gasteiger partial charge in [0.15, 0.2) is 11.2 Å². The largest absolute Gasteiger partial charge is 0.480 e. The number of anilines is 2. The summed E-state index contributed by atoms with van der Waals surface area (Å²) in [5.41, 5.74) is 11.8. The number of ether oxygens (including phenoxy) is 2. The number of nitrogen functional groups attached to an aromatic ring is 1. The average molecular weight is 628 g/mol. The maximum Gasteiger partial charge on any atom is 0.326 e. The van der Waals surface area contributed by atoms with Gasteiger partial charge in [-0.2, -0.15) is 4.98 Å². The molecule has 3 rings (SSSR count). The molecule has 0 aliphatic rings. The molecule has 0 radical (unpaired) electrons. The number of nitrogens with zero attached hydrogens (tertiary/aromatic N) is 3. The van der Waals surface area contributed by atoms with Gasteiger partial charge in [0.25, 0.3) is 11.5 Å². The first-order chi connectivity index (χ1) is 21.7. The average Bonchev–Trinajstić information content (AvgIpc) is 3.02. The first-order valence-corrected chi connectivity index (χ1v) is 14.2. The summed E-state index contributed by atoms with van der Waals surface area (Å²) in [5, 5.41) is 17.7. The lowest BCUT2D eigenvalue weighted by atomic mass is 10.1. The van der Waals surface area contributed by atoms with Gasteiger partial charge in [-0.3, -0.25) is 24.2 Å². The SMILES string of the molecule is NCCNC(=O)COCCOCCCC(=O)CCC(NC(=O)c1ccc(NCc2cnc3nc(N)[nH]c(=O)c3n2)cc1)C(=O)O. The van der Waals surface area contributed by atoms with Crippen LogP contribution in [-0.4, -0.2) is 94.2 Å². The molecule has 242 valence electrons. The number of benzene rings is 1. The van der Waals surface area contributed by atoms with Crippen molar-refractivity contribution >= 4 is 46.4 Å². The number of amides is 2. The van der Waals surface area contributed by atoms with Crippen molar-refractivity contribution in [2.75, 3.05) is 50.6 Å². The number of rotatable bonds is 20. The molecule has 1 unspecified atom stereocenters. The van der Waals surface area contributed by atoms with Crippen molar-refractivity contribution in [1.29, 1.82) is 0 Å². The predicted octanol–water partition coefficient (Wildman–Crippen LogP) is -0.672. The summed E-state index contributed by atoms with van der Waals surface area (Å²) < 4.78 is 10.5. The standard InChI is InChI=1S/C28H37N9O8/c29-9-10-31-22(39)16-45-13-12-44-11-1-2-20(38)7-8-21(27(42)43)35-25(40)17-3-5-18(6-4-17)32-14-19-15-33-24-23(34-19)26(41)37-28(30)36-24/h3-6,15,21,32H,1-2,7-14,16,29H2,(H,31,39)(H,35,40)(H,42,43)(H3,30,33,36,37,41). The zero-order chi connectivity index (χ0) is 32.6. The Morgan fingerprint density at radius 1 is 1.02 bits per heavy atom. The van der Waals surface area contributed by atoms with Crippen molar-refractivity contribution < 1.29 is 33.8 Å². The predicted molar refractivity (Wildman–Crippen MR) is 162 cm³/mol. The Bertz CT molecular complexity index is 1510. The van der Waals surface area contributed by atoms with Crippen molar-refractivity contribution in [2.45, 2.75) is 38.3 Å². The number of aromatic amines is 1. The van der Waals surface area contributed by atoms with E-state index >= 15 is 0 Å². The van der Waals surface area contributed by atoms with Gasteiger partial charge in [-0.1, -0.05) is 0 Å². The number of aromatic nitrogens is 4. The number of carbonyl (C=O) groups is 4. The molecule has 2 aromatic heterocycles. The first-order valence-electron chi connectivity index (χ1n) is 14.2. The number of carboxylic acids is 1. The summed E-state index contributed by atoms with van der Waals surface area (Å²) in [6, 6.07) is 5.06. The third-order valence-electron chi connectivity index (χ3n) is 6.24. The van der Waals surface area contributed by atoms with Crippen LogP contribution in [0.1, 0.15) is 41.7 Å². The van der Waals surface area contributed by atoms with Crippen LogP contribution in [0, 0.1) is 0 Å². The fourth-order valence-corrected chi connectivity index (χ4v) is 3.94. The summed E-state index contributed by atoms with van der Waals surface area (Å²) in [4.78, 5) is 74.7. The van der Waals surface area contributed by atoms with Crippen molar-refractivity contribution in [3.05, 3.63) is 52.1 Å². The monoisotopic (exact) mass is 627 g/mol. The highest BCUT2D eigenvalue weighted by Crippen LogP contribution is 2.13. The van der Waals surface area contributed by atoms with E-state index in [1.54, 1.807) is 12.1 Å². The molecule has 0 aliphatic heterocycles. The van der Waals surface area contributed by atoms with Crippen molar-refractivity contribution in [3.63, 3.8) is 0 Å². The number of fused-ring (bicyclic) bond motifs is 1. The maximum absolute atomic E-state index is 12.7. The summed E-state index contributed by atoms with van der Waals surface area (Å²) in [6.07, 6.45) is 2.02. The minimum absolute atomic E-state index is 0.0197. The molecule has 45 heavy (non-hydrogen) atoms. The Kier molecular flexibility index (Phi) is 13.8. The molecular weight excluding hydrogens is 590 g/mol. The highest BCUT2D eigenvalue weighted by molar-refractivity contribution is 5.97. The van der Waals surface area contributed by atoms with Gasteiger partial charge in [0.2, 0.25) is 11.9 Å². The van der Waals surface area contributed by atoms with Gasteiger partial charge in [0.05, 0.1) is 31.6 Å². The Balaban J connectivity index is 1.35. The van der Waals surface area contributed by atoms with Gasteiger partial charge in [-0.25, -0.2) is 14.8 Å². The third kappa shape index (κ3) is 11.9. The van der Waals surface area contributed by atoms with Crippen LogP contribution in [0.3, 0.4) is 0 Å². The van der Waals surface area contributed by atoms with Gasteiger partial charge in [-0.05, 0) is 37.1 Å². The Labute approximate surface area is 257 Å². The van der Waals surface area contributed by atoms with E-state index in [1.165, 1.54) is 18.3 Å². The van der Waals surface area contributed by atoms with E-state index in [4.69, 9.17) is 20.9 Å². The normalized spacial score (nSPS) is 11.6. The van der Waals surface area contributed by atoms with Crippen LogP contribution in [0.25, 0.3) is 11.2 Å². The number of carbonyl (C=O) groups excluding carboxylic acids is 3. The Hall–Kier alpha value is -5.00. The second kappa shape index (κ2) is 18.0. The first kappa shape index (κ1) is 34.5. The van der Waals surface area contributed by atoms with Crippen LogP contribution < -0.4 is 33.0 Å². The number of Topliss-reactive ketones (excluding diaryl/α,β-unsaturated/α-hetero) is 1. The molecule has 2 heterocycles. The van der Waals surface area contributed by atoms with E-state index in [2.05, 4.69) is 35.9 Å². The van der Waals surface area contributed by atoms with Crippen LogP contribution in [-0.2, 0) is 30.4 Å². The van der Waals surface area contributed by atoms with E-state index in [9.17, 15) is 29.1 Å². The molecule has 1 aromatic carbocycles. The fourth-order valence-electron chi connectivity index (χ4n) is 3.94. The molecule has 0 bridgehead atoms. The highest BCUT2D eigenvalue weighted by atomic mass is 16.5. The van der Waals surface area contributed by atoms with Gasteiger partial charge in [-0.15, -0.1) is 0 Å². The summed E-state index contributed by atoms with van der Waals surface area (Å²) in [6.45, 7) is 1.66. The summed E-state index contributed by atoms with van der Waals surface area (Å²) in [7, 11) is 0. The molecule has 3 aromatic rings. The number of ketones is 1. The third-order valence-corrected chi connectivity index (χ3v) is 6.24. The van der Waals surface area contributed by atoms with Crippen molar-refractivity contribution in [1.82, 2.24) is 30.6 Å². The summed E-state index contributed by atoms with van der Waals surface area (Å²) in [5.74, 6) is -2.31. The van der Waals surface area contributed by atoms with Crippen LogP contribution in [0.5, 0.6) is 0 Å². The number of nitrogens with one attached hydrogen (secondary N) is 4. The molecule has 0 spiro atoms. The lowest BCUT2D eigenvalue weighted by Crippen LogP contribution is -2.41. The van der Waals surface area contributed by atoms with Crippen molar-refractivity contribution in [2.24, 2.45) is 5.73 Å². The van der Waals surface area contributed by atoms with E-state index in [0.717, 1.165) is 0 Å². The topological polar surface area (TPSA) is 267 Å². The summed E-state index contributed by atoms with van der Waals surface area (Å²) >= 11 is 0. The molecule has 0 saturated heterocycles. The fraction of sp³-hybridized carbons (Fsp3) is 0.429. The van der Waals surface area contributed by atoms with Crippen molar-refractivity contribution in [3.8, 4) is 0 Å². The number of hydrogen-bond acceptors (Lipinski definition) is 13. The molecule has 9 N–H and O–H groups in total. The van der Waals surface area contributed by atoms with E-state index in [-0.39, 0.29) is 80.0 Å². The van der Waals surface area contributed by atoms with Gasteiger partial charge in [0.1, 0.15) is 18.4 Å². The van der Waals surface area contributed by atoms with Crippen LogP contribution in [0.15, 0.2) is 35.3 Å². The van der Waals surface area contributed by atoms with Gasteiger partial charge in [0, 0.05) is 43.8 Å². The number of aliphatic carboxylic acids is 1. The molecule has 0 saturated carbocycles. The maximum atomic E-state index is 12.7. The lowest BCUT2D eigenvalue weighted by molar-refractivity contribution is -0.139. The van der Waals surface area contributed by atoms with E-state index in [0.29, 0.717) is 37.5 Å². The smallest absolute Gasteiger partial charge is 0.326 e. The quantitative estimate of drug-likeness (QED) is 0.0766. The van der Waals surface area contributed by atoms with Gasteiger partial charge >= 0.3 is 5.97 Å². The van der Waals surface area contributed by atoms with Crippen LogP contribution in [0.2, 0.25) is 0 Å². The zero-order valence-electron chi connectivity index (χ0n) is 24.5. The molecule has 0 aliphatic carbocycles. The number of nitrogens with two attached hydrogens (primary N) is 2. The van der Waals surface area contributed by atoms with E-state index in [1.807, 2.05) is 0 Å². The second-order valence-corrected chi connectivity index (χ2v) is 9.76. The zero-order valence-corrected chi connectivity index (χ0v) is 24.5. The number of carboxylic acid groups (broad SMARTS) is 1. The molecule has 17 heteroatoms. The minimum Gasteiger partial charge on any atom is -0.480 e. The molecule has 0 fully saturated rings. The second-order valence-electron chi connectivity index (χ2n) is 9.76. The minimum atomic E-state index is -1.25.